The zero-order valence-electron chi connectivity index (χ0n) is 16.5. The molecule has 6 nitrogen and oxygen atoms in total. The molecule has 2 aromatic rings. The Morgan fingerprint density at radius 1 is 1.21 bits per heavy atom. The van der Waals surface area contributed by atoms with Crippen molar-refractivity contribution in [2.45, 2.75) is 32.2 Å². The number of hydrazone groups is 1. The van der Waals surface area contributed by atoms with Gasteiger partial charge in [-0.05, 0) is 73.8 Å². The number of amides is 1. The summed E-state index contributed by atoms with van der Waals surface area (Å²) in [6, 6.07) is 11.4. The number of nitrogens with zero attached hydrogens (tertiary/aromatic N) is 3. The predicted octanol–water partition coefficient (Wildman–Crippen LogP) is 3.70. The van der Waals surface area contributed by atoms with Crippen molar-refractivity contribution < 1.29 is 13.9 Å². The standard InChI is InChI=1S/C22H27N3O3/c1-16-9-11-24(12-10-16)15-22(26)25-20(21-4-3-13-28-21)14-19(23-25)17-5-7-18(27-2)8-6-17/h3-8,13,16,20H,9-12,14-15H2,1-2H3/t20-/m0/s1. The van der Waals surface area contributed by atoms with Crippen molar-refractivity contribution in [1.29, 1.82) is 0 Å². The lowest BCUT2D eigenvalue weighted by atomic mass is 9.99. The van der Waals surface area contributed by atoms with E-state index in [0.717, 1.165) is 54.6 Å². The van der Waals surface area contributed by atoms with Gasteiger partial charge in [0.25, 0.3) is 5.91 Å². The molecule has 4 rings (SSSR count). The molecule has 0 saturated carbocycles. The fourth-order valence-electron chi connectivity index (χ4n) is 3.88. The van der Waals surface area contributed by atoms with Gasteiger partial charge in [-0.3, -0.25) is 9.69 Å². The van der Waals surface area contributed by atoms with E-state index in [1.54, 1.807) is 18.4 Å². The molecule has 0 unspecified atom stereocenters. The van der Waals surface area contributed by atoms with Crippen LogP contribution in [0.2, 0.25) is 0 Å². The average molecular weight is 381 g/mol. The van der Waals surface area contributed by atoms with Crippen molar-refractivity contribution in [3.05, 3.63) is 54.0 Å². The number of piperidine rings is 1. The molecular weight excluding hydrogens is 354 g/mol. The Balaban J connectivity index is 1.53. The summed E-state index contributed by atoms with van der Waals surface area (Å²) in [6.07, 6.45) is 4.59. The van der Waals surface area contributed by atoms with Crippen molar-refractivity contribution in [2.24, 2.45) is 11.0 Å². The van der Waals surface area contributed by atoms with Crippen LogP contribution in [0, 0.1) is 5.92 Å². The van der Waals surface area contributed by atoms with Gasteiger partial charge in [0.05, 0.1) is 25.6 Å². The van der Waals surface area contributed by atoms with Crippen LogP contribution in [0.25, 0.3) is 0 Å². The van der Waals surface area contributed by atoms with E-state index < -0.39 is 0 Å². The van der Waals surface area contributed by atoms with E-state index in [2.05, 4.69) is 11.8 Å². The van der Waals surface area contributed by atoms with Gasteiger partial charge < -0.3 is 9.15 Å². The second kappa shape index (κ2) is 8.19. The molecule has 0 aliphatic carbocycles. The Bertz CT molecular complexity index is 821. The quantitative estimate of drug-likeness (QED) is 0.792. The van der Waals surface area contributed by atoms with Crippen LogP contribution in [0.3, 0.4) is 0 Å². The number of hydrogen-bond donors (Lipinski definition) is 0. The van der Waals surface area contributed by atoms with Crippen LogP contribution < -0.4 is 4.74 Å². The van der Waals surface area contributed by atoms with Crippen LogP contribution >= 0.6 is 0 Å². The normalized spacial score (nSPS) is 21.0. The molecule has 28 heavy (non-hydrogen) atoms. The molecule has 2 aliphatic rings. The number of hydrogen-bond acceptors (Lipinski definition) is 5. The number of ether oxygens (including phenoxy) is 1. The summed E-state index contributed by atoms with van der Waals surface area (Å²) in [5, 5.41) is 6.33. The summed E-state index contributed by atoms with van der Waals surface area (Å²) >= 11 is 0. The summed E-state index contributed by atoms with van der Waals surface area (Å²) < 4.78 is 10.9. The van der Waals surface area contributed by atoms with Gasteiger partial charge in [0.2, 0.25) is 0 Å². The minimum absolute atomic E-state index is 0.0273. The number of furan rings is 1. The molecule has 1 saturated heterocycles. The third-order valence-corrected chi connectivity index (χ3v) is 5.70. The molecular formula is C22H27N3O3. The van der Waals surface area contributed by atoms with Gasteiger partial charge in [-0.25, -0.2) is 5.01 Å². The molecule has 6 heteroatoms. The Labute approximate surface area is 165 Å². The largest absolute Gasteiger partial charge is 0.497 e. The Hall–Kier alpha value is -2.60. The molecule has 2 aliphatic heterocycles. The van der Waals surface area contributed by atoms with E-state index >= 15 is 0 Å². The van der Waals surface area contributed by atoms with Crippen LogP contribution in [0.5, 0.6) is 5.75 Å². The summed E-state index contributed by atoms with van der Waals surface area (Å²) in [5.74, 6) is 2.35. The highest BCUT2D eigenvalue weighted by Crippen LogP contribution is 2.33. The van der Waals surface area contributed by atoms with Gasteiger partial charge in [-0.1, -0.05) is 6.92 Å². The number of methoxy groups -OCH3 is 1. The molecule has 1 aromatic heterocycles. The van der Waals surface area contributed by atoms with Crippen LogP contribution in [0.4, 0.5) is 0 Å². The molecule has 0 spiro atoms. The first-order chi connectivity index (χ1) is 13.6. The molecule has 1 aromatic carbocycles. The maximum Gasteiger partial charge on any atom is 0.257 e. The Morgan fingerprint density at radius 3 is 2.61 bits per heavy atom. The summed E-state index contributed by atoms with van der Waals surface area (Å²) in [5.41, 5.74) is 1.89. The second-order valence-electron chi connectivity index (χ2n) is 7.71. The zero-order valence-corrected chi connectivity index (χ0v) is 16.5. The van der Waals surface area contributed by atoms with E-state index in [-0.39, 0.29) is 11.9 Å². The Kier molecular flexibility index (Phi) is 5.48. The lowest BCUT2D eigenvalue weighted by molar-refractivity contribution is -0.134. The van der Waals surface area contributed by atoms with E-state index in [0.29, 0.717) is 13.0 Å². The number of benzene rings is 1. The lowest BCUT2D eigenvalue weighted by Crippen LogP contribution is -2.41. The van der Waals surface area contributed by atoms with Gasteiger partial charge in [0, 0.05) is 6.42 Å². The zero-order chi connectivity index (χ0) is 19.5. The van der Waals surface area contributed by atoms with E-state index in [4.69, 9.17) is 14.3 Å². The molecule has 1 atom stereocenters. The fourth-order valence-corrected chi connectivity index (χ4v) is 3.88. The first-order valence-corrected chi connectivity index (χ1v) is 9.94. The van der Waals surface area contributed by atoms with Crippen LogP contribution in [0.1, 0.15) is 43.6 Å². The third-order valence-electron chi connectivity index (χ3n) is 5.70. The highest BCUT2D eigenvalue weighted by molar-refractivity contribution is 6.03. The van der Waals surface area contributed by atoms with Crippen molar-refractivity contribution in [3.8, 4) is 5.75 Å². The monoisotopic (exact) mass is 381 g/mol. The molecule has 1 fully saturated rings. The molecule has 0 radical (unpaired) electrons. The van der Waals surface area contributed by atoms with Gasteiger partial charge in [0.1, 0.15) is 17.6 Å². The molecule has 1 amide bonds. The smallest absolute Gasteiger partial charge is 0.257 e. The van der Waals surface area contributed by atoms with Crippen LogP contribution in [-0.4, -0.2) is 48.3 Å². The minimum Gasteiger partial charge on any atom is -0.497 e. The van der Waals surface area contributed by atoms with E-state index in [1.165, 1.54) is 0 Å². The molecule has 3 heterocycles. The Morgan fingerprint density at radius 2 is 1.96 bits per heavy atom. The van der Waals surface area contributed by atoms with Gasteiger partial charge >= 0.3 is 0 Å². The highest BCUT2D eigenvalue weighted by atomic mass is 16.5. The minimum atomic E-state index is -0.191. The molecule has 0 N–H and O–H groups in total. The maximum absolute atomic E-state index is 13.1. The van der Waals surface area contributed by atoms with Crippen molar-refractivity contribution in [2.75, 3.05) is 26.7 Å². The first kappa shape index (κ1) is 18.7. The average Bonchev–Trinajstić information content (AvgIpc) is 3.39. The summed E-state index contributed by atoms with van der Waals surface area (Å²) in [6.45, 7) is 4.63. The van der Waals surface area contributed by atoms with Crippen LogP contribution in [-0.2, 0) is 4.79 Å². The fraction of sp³-hybridized carbons (Fsp3) is 0.455. The van der Waals surface area contributed by atoms with Crippen molar-refractivity contribution >= 4 is 11.6 Å². The number of carbonyl (C=O) groups is 1. The number of rotatable bonds is 5. The van der Waals surface area contributed by atoms with Gasteiger partial charge in [0.15, 0.2) is 0 Å². The van der Waals surface area contributed by atoms with E-state index in [1.807, 2.05) is 36.4 Å². The maximum atomic E-state index is 13.1. The predicted molar refractivity (Wildman–Crippen MR) is 107 cm³/mol. The van der Waals surface area contributed by atoms with Gasteiger partial charge in [-0.2, -0.15) is 5.10 Å². The second-order valence-corrected chi connectivity index (χ2v) is 7.71. The van der Waals surface area contributed by atoms with Gasteiger partial charge in [-0.15, -0.1) is 0 Å². The number of likely N-dealkylation sites (tertiary alicyclic amines) is 1. The van der Waals surface area contributed by atoms with E-state index in [9.17, 15) is 4.79 Å². The molecule has 0 bridgehead atoms. The third kappa shape index (κ3) is 3.97. The SMILES string of the molecule is COc1ccc(C2=NN(C(=O)CN3CCC(C)CC3)[C@H](c3ccco3)C2)cc1. The highest BCUT2D eigenvalue weighted by Gasteiger charge is 2.35. The van der Waals surface area contributed by atoms with Crippen molar-refractivity contribution in [1.82, 2.24) is 9.91 Å². The summed E-state index contributed by atoms with van der Waals surface area (Å²) in [7, 11) is 1.65. The first-order valence-electron chi connectivity index (χ1n) is 9.94. The lowest BCUT2D eigenvalue weighted by Gasteiger charge is -2.31. The number of carbonyl (C=O) groups excluding carboxylic acids is 1. The molecule has 148 valence electrons. The summed E-state index contributed by atoms with van der Waals surface area (Å²) in [4.78, 5) is 15.3. The van der Waals surface area contributed by atoms with Crippen LogP contribution in [0.15, 0.2) is 52.2 Å². The van der Waals surface area contributed by atoms with Crippen molar-refractivity contribution in [3.63, 3.8) is 0 Å². The topological polar surface area (TPSA) is 58.3 Å².